The highest BCUT2D eigenvalue weighted by Gasteiger charge is 2.03. The van der Waals surface area contributed by atoms with E-state index in [4.69, 9.17) is 11.6 Å². The summed E-state index contributed by atoms with van der Waals surface area (Å²) in [5.41, 5.74) is 1.88. The topological polar surface area (TPSA) is 17.1 Å². The van der Waals surface area contributed by atoms with Crippen LogP contribution < -0.4 is 0 Å². The minimum absolute atomic E-state index is 0.104. The van der Waals surface area contributed by atoms with Crippen molar-refractivity contribution in [1.29, 1.82) is 0 Å². The lowest BCUT2D eigenvalue weighted by atomic mass is 10.2. The number of thiophene rings is 1. The van der Waals surface area contributed by atoms with Gasteiger partial charge in [0.05, 0.1) is 0 Å². The summed E-state index contributed by atoms with van der Waals surface area (Å²) in [6, 6.07) is 11.8. The smallest absolute Gasteiger partial charge is 0.155 e. The number of Topliss-reactive ketones (excluding diaryl/α,β-unsaturated/α-hetero) is 1. The van der Waals surface area contributed by atoms with Gasteiger partial charge in [0.2, 0.25) is 0 Å². The Morgan fingerprint density at radius 1 is 1.22 bits per heavy atom. The van der Waals surface area contributed by atoms with Crippen molar-refractivity contribution in [3.8, 4) is 10.4 Å². The largest absolute Gasteiger partial charge is 0.295 e. The molecule has 3 heteroatoms. The highest BCUT2D eigenvalue weighted by atomic mass is 35.5. The third-order valence-electron chi connectivity index (χ3n) is 2.65. The van der Waals surface area contributed by atoms with Gasteiger partial charge in [0.15, 0.2) is 5.78 Å². The molecule has 0 saturated heterocycles. The van der Waals surface area contributed by atoms with Gasteiger partial charge in [-0.2, -0.15) is 0 Å². The molecule has 0 aliphatic heterocycles. The molecule has 1 aromatic carbocycles. The van der Waals surface area contributed by atoms with Gasteiger partial charge in [-0.15, -0.1) is 11.3 Å². The van der Waals surface area contributed by atoms with Crippen LogP contribution in [-0.4, -0.2) is 5.78 Å². The van der Waals surface area contributed by atoms with Gasteiger partial charge in [-0.05, 0) is 55.3 Å². The van der Waals surface area contributed by atoms with Gasteiger partial charge in [0.25, 0.3) is 0 Å². The molecule has 2 aromatic rings. The van der Waals surface area contributed by atoms with Crippen LogP contribution in [0.4, 0.5) is 0 Å². The maximum atomic E-state index is 11.2. The molecular formula is C15H13ClOS. The number of carbonyl (C=O) groups excluding carboxylic acids is 1. The lowest BCUT2D eigenvalue weighted by Gasteiger charge is -1.97. The minimum atomic E-state index is 0.104. The molecule has 18 heavy (non-hydrogen) atoms. The zero-order chi connectivity index (χ0) is 13.1. The molecular weight excluding hydrogens is 264 g/mol. The number of carbonyl (C=O) groups is 1. The predicted octanol–water partition coefficient (Wildman–Crippen LogP) is 5.06. The van der Waals surface area contributed by atoms with Crippen molar-refractivity contribution in [1.82, 2.24) is 0 Å². The van der Waals surface area contributed by atoms with Crippen LogP contribution in [0.3, 0.4) is 0 Å². The molecule has 0 saturated carbocycles. The first-order valence-electron chi connectivity index (χ1n) is 5.61. The van der Waals surface area contributed by atoms with Gasteiger partial charge in [-0.25, -0.2) is 0 Å². The fraction of sp³-hybridized carbons (Fsp3) is 0.133. The molecule has 0 amide bonds. The van der Waals surface area contributed by atoms with Crippen molar-refractivity contribution in [2.45, 2.75) is 13.8 Å². The van der Waals surface area contributed by atoms with Gasteiger partial charge < -0.3 is 0 Å². The summed E-state index contributed by atoms with van der Waals surface area (Å²) >= 11 is 7.63. The number of hydrogen-bond donors (Lipinski definition) is 0. The number of ketones is 1. The monoisotopic (exact) mass is 276 g/mol. The maximum absolute atomic E-state index is 11.2. The van der Waals surface area contributed by atoms with Crippen LogP contribution in [-0.2, 0) is 4.79 Å². The summed E-state index contributed by atoms with van der Waals surface area (Å²) in [6.07, 6.45) is 1.92. The van der Waals surface area contributed by atoms with Crippen molar-refractivity contribution in [2.24, 2.45) is 0 Å². The zero-order valence-corrected chi connectivity index (χ0v) is 11.8. The first-order valence-corrected chi connectivity index (χ1v) is 6.81. The van der Waals surface area contributed by atoms with Gasteiger partial charge in [0, 0.05) is 14.8 Å². The summed E-state index contributed by atoms with van der Waals surface area (Å²) < 4.78 is 0. The molecule has 92 valence electrons. The first-order chi connectivity index (χ1) is 8.56. The summed E-state index contributed by atoms with van der Waals surface area (Å²) in [6.45, 7) is 3.42. The Kier molecular flexibility index (Phi) is 4.00. The second kappa shape index (κ2) is 5.51. The number of allylic oxidation sites excluding steroid dienone is 1. The molecule has 0 N–H and O–H groups in total. The predicted molar refractivity (Wildman–Crippen MR) is 79.1 cm³/mol. The Balaban J connectivity index is 2.31. The highest BCUT2D eigenvalue weighted by Crippen LogP contribution is 2.30. The van der Waals surface area contributed by atoms with Crippen molar-refractivity contribution >= 4 is 34.8 Å². The van der Waals surface area contributed by atoms with E-state index < -0.39 is 0 Å². The van der Waals surface area contributed by atoms with E-state index in [1.807, 2.05) is 43.3 Å². The van der Waals surface area contributed by atoms with Crippen LogP contribution in [0.15, 0.2) is 42.0 Å². The highest BCUT2D eigenvalue weighted by molar-refractivity contribution is 7.16. The van der Waals surface area contributed by atoms with Gasteiger partial charge >= 0.3 is 0 Å². The van der Waals surface area contributed by atoms with E-state index >= 15 is 0 Å². The minimum Gasteiger partial charge on any atom is -0.295 e. The van der Waals surface area contributed by atoms with E-state index in [-0.39, 0.29) is 5.78 Å². The average Bonchev–Trinajstić information content (AvgIpc) is 2.77. The fourth-order valence-corrected chi connectivity index (χ4v) is 2.74. The van der Waals surface area contributed by atoms with Crippen LogP contribution in [0.25, 0.3) is 16.5 Å². The molecule has 1 heterocycles. The summed E-state index contributed by atoms with van der Waals surface area (Å²) in [5, 5.41) is 0.734. The average molecular weight is 277 g/mol. The van der Waals surface area contributed by atoms with Crippen molar-refractivity contribution < 1.29 is 4.79 Å². The molecule has 0 spiro atoms. The summed E-state index contributed by atoms with van der Waals surface area (Å²) in [7, 11) is 0. The maximum Gasteiger partial charge on any atom is 0.155 e. The van der Waals surface area contributed by atoms with Gasteiger partial charge in [0.1, 0.15) is 0 Å². The Morgan fingerprint density at radius 3 is 2.67 bits per heavy atom. The third-order valence-corrected chi connectivity index (χ3v) is 3.97. The third kappa shape index (κ3) is 3.09. The zero-order valence-electron chi connectivity index (χ0n) is 10.2. The van der Waals surface area contributed by atoms with Crippen LogP contribution in [0, 0.1) is 0 Å². The van der Waals surface area contributed by atoms with Crippen molar-refractivity contribution in [2.75, 3.05) is 0 Å². The second-order valence-electron chi connectivity index (χ2n) is 4.10. The van der Waals surface area contributed by atoms with E-state index in [9.17, 15) is 4.79 Å². The van der Waals surface area contributed by atoms with E-state index in [0.717, 1.165) is 25.9 Å². The molecule has 0 unspecified atom stereocenters. The molecule has 0 radical (unpaired) electrons. The van der Waals surface area contributed by atoms with Crippen molar-refractivity contribution in [3.05, 3.63) is 51.9 Å². The van der Waals surface area contributed by atoms with Crippen LogP contribution in [0.2, 0.25) is 5.02 Å². The Labute approximate surface area is 116 Å². The Morgan fingerprint density at radius 2 is 2.00 bits per heavy atom. The Bertz CT molecular complexity index is 610. The van der Waals surface area contributed by atoms with Crippen LogP contribution in [0.1, 0.15) is 18.7 Å². The number of rotatable bonds is 3. The van der Waals surface area contributed by atoms with E-state index in [1.54, 1.807) is 18.3 Å². The molecule has 2 rings (SSSR count). The molecule has 0 aliphatic carbocycles. The van der Waals surface area contributed by atoms with Gasteiger partial charge in [-0.1, -0.05) is 23.7 Å². The van der Waals surface area contributed by atoms with Gasteiger partial charge in [-0.3, -0.25) is 4.79 Å². The van der Waals surface area contributed by atoms with Crippen LogP contribution in [0.5, 0.6) is 0 Å². The Hall–Kier alpha value is -1.38. The molecule has 0 aliphatic rings. The van der Waals surface area contributed by atoms with Crippen molar-refractivity contribution in [3.63, 3.8) is 0 Å². The number of benzene rings is 1. The fourth-order valence-electron chi connectivity index (χ4n) is 1.54. The SMILES string of the molecule is CC(=O)/C(C)=C/c1ccc(-c2cccc(Cl)c2)s1. The second-order valence-corrected chi connectivity index (χ2v) is 5.65. The van der Waals surface area contributed by atoms with E-state index in [0.29, 0.717) is 0 Å². The number of hydrogen-bond acceptors (Lipinski definition) is 2. The number of halogens is 1. The van der Waals surface area contributed by atoms with Crippen LogP contribution >= 0.6 is 22.9 Å². The molecule has 0 bridgehead atoms. The van der Waals surface area contributed by atoms with E-state index in [1.165, 1.54) is 0 Å². The standard InChI is InChI=1S/C15H13ClOS/c1-10(11(2)17)8-14-6-7-15(18-14)12-4-3-5-13(16)9-12/h3-9H,1-2H3/b10-8+. The molecule has 0 atom stereocenters. The van der Waals surface area contributed by atoms with E-state index in [2.05, 4.69) is 6.07 Å². The molecule has 1 nitrogen and oxygen atoms in total. The molecule has 1 aromatic heterocycles. The summed E-state index contributed by atoms with van der Waals surface area (Å²) in [5.74, 6) is 0.104. The summed E-state index contributed by atoms with van der Waals surface area (Å²) in [4.78, 5) is 13.4. The lowest BCUT2D eigenvalue weighted by Crippen LogP contribution is -1.89. The first kappa shape index (κ1) is 13.1. The lowest BCUT2D eigenvalue weighted by molar-refractivity contribution is -0.113. The normalized spacial score (nSPS) is 11.6. The molecule has 0 fully saturated rings. The quantitative estimate of drug-likeness (QED) is 0.716.